The highest BCUT2D eigenvalue weighted by Crippen LogP contribution is 2.30. The molecule has 4 rings (SSSR count). The summed E-state index contributed by atoms with van der Waals surface area (Å²) >= 11 is 0. The van der Waals surface area contributed by atoms with E-state index in [1.165, 1.54) is 6.20 Å². The predicted octanol–water partition coefficient (Wildman–Crippen LogP) is 4.76. The Bertz CT molecular complexity index is 1280. The van der Waals surface area contributed by atoms with E-state index >= 15 is 0 Å². The first-order chi connectivity index (χ1) is 18.7. The highest BCUT2D eigenvalue weighted by atomic mass is 16.5. The molecule has 1 aliphatic rings. The summed E-state index contributed by atoms with van der Waals surface area (Å²) in [5.41, 5.74) is 0.893. The molecule has 2 N–H and O–H groups in total. The van der Waals surface area contributed by atoms with Gasteiger partial charge in [-0.25, -0.2) is 4.98 Å². The molecule has 1 fully saturated rings. The number of rotatable bonds is 11. The van der Waals surface area contributed by atoms with Crippen molar-refractivity contribution in [1.82, 2.24) is 9.97 Å². The molecule has 2 aromatic carbocycles. The Morgan fingerprint density at radius 1 is 1.08 bits per heavy atom. The van der Waals surface area contributed by atoms with E-state index in [0.29, 0.717) is 31.2 Å². The average molecular weight is 533 g/mol. The lowest BCUT2D eigenvalue weighted by Crippen LogP contribution is -2.41. The molecule has 0 aliphatic carbocycles. The number of carbonyl (C=O) groups excluding carboxylic acids is 1. The van der Waals surface area contributed by atoms with Crippen molar-refractivity contribution in [1.29, 1.82) is 0 Å². The van der Waals surface area contributed by atoms with Crippen LogP contribution < -0.4 is 19.7 Å². The van der Waals surface area contributed by atoms with Crippen molar-refractivity contribution in [3.05, 3.63) is 72.1 Å². The molecule has 0 saturated carbocycles. The fraction of sp³-hybridized carbons (Fsp3) is 0.400. The van der Waals surface area contributed by atoms with Crippen molar-refractivity contribution in [3.63, 3.8) is 0 Å². The first-order valence-electron chi connectivity index (χ1n) is 13.3. The number of amides is 1. The number of para-hydroxylation sites is 2. The van der Waals surface area contributed by atoms with Gasteiger partial charge >= 0.3 is 5.97 Å². The minimum atomic E-state index is -0.850. The van der Waals surface area contributed by atoms with Crippen LogP contribution in [0.25, 0.3) is 0 Å². The number of carboxylic acid groups (broad SMARTS) is 1. The van der Waals surface area contributed by atoms with Crippen LogP contribution in [0.15, 0.2) is 60.9 Å². The number of ether oxygens (including phenoxy) is 2. The van der Waals surface area contributed by atoms with Crippen LogP contribution in [0.1, 0.15) is 44.7 Å². The third kappa shape index (κ3) is 7.69. The number of anilines is 2. The van der Waals surface area contributed by atoms with Crippen molar-refractivity contribution in [2.75, 3.05) is 29.9 Å². The van der Waals surface area contributed by atoms with Gasteiger partial charge in [0.05, 0.1) is 37.4 Å². The number of aliphatic carboxylic acids is 1. The number of hydrogen-bond donors (Lipinski definition) is 2. The van der Waals surface area contributed by atoms with E-state index in [9.17, 15) is 14.7 Å². The van der Waals surface area contributed by atoms with Crippen LogP contribution in [0.3, 0.4) is 0 Å². The number of benzene rings is 2. The lowest BCUT2D eigenvalue weighted by molar-refractivity contribution is -0.146. The molecule has 1 aliphatic heterocycles. The Hall–Kier alpha value is -4.14. The van der Waals surface area contributed by atoms with Crippen molar-refractivity contribution in [2.24, 2.45) is 5.41 Å². The van der Waals surface area contributed by atoms with Crippen LogP contribution in [0, 0.1) is 5.41 Å². The van der Waals surface area contributed by atoms with Gasteiger partial charge < -0.3 is 24.8 Å². The second-order valence-electron chi connectivity index (χ2n) is 10.4. The van der Waals surface area contributed by atoms with Gasteiger partial charge in [-0.05, 0) is 63.3 Å². The standard InChI is InChI=1S/C30H36N4O5/c1-4-38-24-9-5-6-10-25(24)39-23-8-7-15-34(20-23)27-19-31-18-26(32-27)33-28(35)16-21-11-13-22(14-12-21)17-30(2,3)29(36)37/h5-6,9-14,18-19,23H,4,7-8,15-17,20H2,1-3H3,(H,36,37)(H,32,33,35)/t23-/m1/s1. The van der Waals surface area contributed by atoms with Crippen LogP contribution in [0.2, 0.25) is 0 Å². The number of carbonyl (C=O) groups is 2. The Kier molecular flexibility index (Phi) is 9.01. The Labute approximate surface area is 229 Å². The van der Waals surface area contributed by atoms with Crippen molar-refractivity contribution in [3.8, 4) is 11.5 Å². The Morgan fingerprint density at radius 3 is 2.51 bits per heavy atom. The van der Waals surface area contributed by atoms with Gasteiger partial charge in [0.25, 0.3) is 0 Å². The Morgan fingerprint density at radius 2 is 1.79 bits per heavy atom. The second-order valence-corrected chi connectivity index (χ2v) is 10.4. The molecule has 1 atom stereocenters. The minimum absolute atomic E-state index is 0.0237. The lowest BCUT2D eigenvalue weighted by atomic mass is 9.86. The van der Waals surface area contributed by atoms with Gasteiger partial charge in [0.1, 0.15) is 11.9 Å². The molecule has 3 aromatic rings. The number of nitrogens with one attached hydrogen (secondary N) is 1. The van der Waals surface area contributed by atoms with Crippen molar-refractivity contribution >= 4 is 23.5 Å². The summed E-state index contributed by atoms with van der Waals surface area (Å²) < 4.78 is 12.0. The normalized spacial score (nSPS) is 15.5. The molecule has 1 aromatic heterocycles. The summed E-state index contributed by atoms with van der Waals surface area (Å²) in [6.07, 6.45) is 5.67. The molecule has 2 heterocycles. The largest absolute Gasteiger partial charge is 0.490 e. The van der Waals surface area contributed by atoms with Crippen LogP contribution in [0.4, 0.5) is 11.6 Å². The van der Waals surface area contributed by atoms with E-state index in [1.807, 2.05) is 55.5 Å². The molecule has 9 heteroatoms. The average Bonchev–Trinajstić information content (AvgIpc) is 2.91. The number of piperidine rings is 1. The van der Waals surface area contributed by atoms with Gasteiger partial charge in [0.2, 0.25) is 5.91 Å². The van der Waals surface area contributed by atoms with Crippen molar-refractivity contribution < 1.29 is 24.2 Å². The van der Waals surface area contributed by atoms with E-state index in [-0.39, 0.29) is 18.4 Å². The molecule has 1 saturated heterocycles. The van der Waals surface area contributed by atoms with Crippen LogP contribution in [0.5, 0.6) is 11.5 Å². The first-order valence-corrected chi connectivity index (χ1v) is 13.3. The SMILES string of the molecule is CCOc1ccccc1O[C@@H]1CCCN(c2cncc(NC(=O)Cc3ccc(CC(C)(C)C(=O)O)cc3)n2)C1. The van der Waals surface area contributed by atoms with E-state index < -0.39 is 11.4 Å². The number of aromatic nitrogens is 2. The molecule has 9 nitrogen and oxygen atoms in total. The number of nitrogens with zero attached hydrogens (tertiary/aromatic N) is 3. The zero-order valence-corrected chi connectivity index (χ0v) is 22.7. The predicted molar refractivity (Wildman–Crippen MR) is 149 cm³/mol. The highest BCUT2D eigenvalue weighted by Gasteiger charge is 2.27. The molecule has 0 unspecified atom stereocenters. The van der Waals surface area contributed by atoms with Crippen LogP contribution in [-0.2, 0) is 22.4 Å². The summed E-state index contributed by atoms with van der Waals surface area (Å²) in [4.78, 5) is 35.1. The fourth-order valence-corrected chi connectivity index (χ4v) is 4.55. The number of carboxylic acids is 1. The van der Waals surface area contributed by atoms with Crippen molar-refractivity contribution in [2.45, 2.75) is 52.6 Å². The monoisotopic (exact) mass is 532 g/mol. The maximum absolute atomic E-state index is 12.7. The molecular weight excluding hydrogens is 496 g/mol. The number of hydrogen-bond acceptors (Lipinski definition) is 7. The third-order valence-corrected chi connectivity index (χ3v) is 6.65. The summed E-state index contributed by atoms with van der Waals surface area (Å²) in [6, 6.07) is 15.1. The molecule has 0 bridgehead atoms. The highest BCUT2D eigenvalue weighted by molar-refractivity contribution is 5.91. The summed E-state index contributed by atoms with van der Waals surface area (Å²) in [6.45, 7) is 7.39. The maximum atomic E-state index is 12.7. The summed E-state index contributed by atoms with van der Waals surface area (Å²) in [5.74, 6) is 1.50. The van der Waals surface area contributed by atoms with Crippen LogP contribution >= 0.6 is 0 Å². The van der Waals surface area contributed by atoms with E-state index in [1.54, 1.807) is 20.0 Å². The third-order valence-electron chi connectivity index (χ3n) is 6.65. The summed E-state index contributed by atoms with van der Waals surface area (Å²) in [5, 5.41) is 12.2. The van der Waals surface area contributed by atoms with Gasteiger partial charge in [-0.1, -0.05) is 36.4 Å². The first kappa shape index (κ1) is 27.9. The Balaban J connectivity index is 1.34. The van der Waals surface area contributed by atoms with Gasteiger partial charge in [0.15, 0.2) is 17.3 Å². The van der Waals surface area contributed by atoms with Crippen LogP contribution in [-0.4, -0.2) is 52.8 Å². The molecule has 39 heavy (non-hydrogen) atoms. The minimum Gasteiger partial charge on any atom is -0.490 e. The smallest absolute Gasteiger partial charge is 0.309 e. The quantitative estimate of drug-likeness (QED) is 0.363. The molecular formula is C30H36N4O5. The zero-order chi connectivity index (χ0) is 27.8. The van der Waals surface area contributed by atoms with Gasteiger partial charge in [-0.2, -0.15) is 0 Å². The lowest BCUT2D eigenvalue weighted by Gasteiger charge is -2.33. The molecule has 0 spiro atoms. The second kappa shape index (κ2) is 12.6. The zero-order valence-electron chi connectivity index (χ0n) is 22.7. The van der Waals surface area contributed by atoms with Gasteiger partial charge in [-0.3, -0.25) is 14.6 Å². The molecule has 206 valence electrons. The fourth-order valence-electron chi connectivity index (χ4n) is 4.55. The topological polar surface area (TPSA) is 114 Å². The van der Waals surface area contributed by atoms with E-state index in [0.717, 1.165) is 42.0 Å². The van der Waals surface area contributed by atoms with E-state index in [4.69, 9.17) is 9.47 Å². The molecule has 0 radical (unpaired) electrons. The van der Waals surface area contributed by atoms with Gasteiger partial charge in [0, 0.05) is 6.54 Å². The van der Waals surface area contributed by atoms with E-state index in [2.05, 4.69) is 20.2 Å². The summed E-state index contributed by atoms with van der Waals surface area (Å²) in [7, 11) is 0. The molecule has 1 amide bonds. The maximum Gasteiger partial charge on any atom is 0.309 e. The van der Waals surface area contributed by atoms with Gasteiger partial charge in [-0.15, -0.1) is 0 Å².